The molecule has 3 fully saturated rings. The average molecular weight is 661 g/mol. The summed E-state index contributed by atoms with van der Waals surface area (Å²) in [6.07, 6.45) is 8.59. The van der Waals surface area contributed by atoms with Gasteiger partial charge in [0.05, 0.1) is 18.7 Å². The van der Waals surface area contributed by atoms with Crippen molar-refractivity contribution in [1.82, 2.24) is 31.1 Å². The third-order valence-electron chi connectivity index (χ3n) is 9.36. The zero-order chi connectivity index (χ0) is 34.6. The highest BCUT2D eigenvalue weighted by atomic mass is 16.5. The van der Waals surface area contributed by atoms with Crippen molar-refractivity contribution in [2.45, 2.75) is 116 Å². The highest BCUT2D eigenvalue weighted by Gasteiger charge is 2.43. The van der Waals surface area contributed by atoms with Gasteiger partial charge in [-0.15, -0.1) is 6.58 Å². The maximum Gasteiger partial charge on any atom is 0.315 e. The lowest BCUT2D eigenvalue weighted by Crippen LogP contribution is -2.60. The summed E-state index contributed by atoms with van der Waals surface area (Å²) in [6, 6.07) is -3.91. The number of rotatable bonds is 8. The number of nitrogens with zero attached hydrogens (tertiary/aromatic N) is 2. The van der Waals surface area contributed by atoms with E-state index in [1.807, 2.05) is 27.7 Å². The molecule has 0 radical (unpaired) electrons. The van der Waals surface area contributed by atoms with Crippen LogP contribution in [0.2, 0.25) is 0 Å². The minimum absolute atomic E-state index is 0.0686. The molecule has 0 aliphatic carbocycles. The van der Waals surface area contributed by atoms with E-state index in [1.54, 1.807) is 4.90 Å². The van der Waals surface area contributed by atoms with Crippen molar-refractivity contribution in [1.29, 1.82) is 0 Å². The number of carbonyl (C=O) groups is 6. The lowest BCUT2D eigenvalue weighted by Gasteiger charge is -2.37. The predicted molar refractivity (Wildman–Crippen MR) is 177 cm³/mol. The van der Waals surface area contributed by atoms with E-state index in [0.717, 1.165) is 38.5 Å². The second kappa shape index (κ2) is 18.2. The van der Waals surface area contributed by atoms with E-state index in [2.05, 4.69) is 27.8 Å². The summed E-state index contributed by atoms with van der Waals surface area (Å²) in [5.74, 6) is -2.62. The van der Waals surface area contributed by atoms with Gasteiger partial charge in [-0.25, -0.2) is 4.79 Å². The SMILES string of the molecule is C=CCNC(=O)C(=O)[C@@H]1CCCCCCCOC[C@H](NC(=O)N[C@H](CN2CCCCC2=O)C(C)(C)C)C(=O)N2CC[C@H](C)[C@H]2C(=O)N1. The van der Waals surface area contributed by atoms with E-state index in [9.17, 15) is 28.8 Å². The van der Waals surface area contributed by atoms with Crippen molar-refractivity contribution in [2.75, 3.05) is 39.4 Å². The molecule has 0 bridgehead atoms. The number of Topliss-reactive ketones (excluding diaryl/α,β-unsaturated/α-hetero) is 1. The van der Waals surface area contributed by atoms with E-state index in [4.69, 9.17) is 4.74 Å². The number of likely N-dealkylation sites (tertiary alicyclic amines) is 1. The number of urea groups is 1. The molecule has 13 heteroatoms. The van der Waals surface area contributed by atoms with E-state index in [1.165, 1.54) is 11.0 Å². The Labute approximate surface area is 279 Å². The Balaban J connectivity index is 1.79. The number of nitrogens with one attached hydrogen (secondary N) is 4. The number of carbonyl (C=O) groups excluding carboxylic acids is 6. The number of amides is 6. The molecular weight excluding hydrogens is 604 g/mol. The summed E-state index contributed by atoms with van der Waals surface area (Å²) in [7, 11) is 0. The first-order valence-electron chi connectivity index (χ1n) is 17.3. The van der Waals surface area contributed by atoms with Crippen molar-refractivity contribution in [3.63, 3.8) is 0 Å². The van der Waals surface area contributed by atoms with Gasteiger partial charge in [-0.3, -0.25) is 24.0 Å². The van der Waals surface area contributed by atoms with Crippen LogP contribution in [-0.4, -0.2) is 109 Å². The van der Waals surface area contributed by atoms with Crippen molar-refractivity contribution >= 4 is 35.4 Å². The molecular formula is C34H56N6O7. The standard InChI is InChI=1S/C34H56N6O7/c1-6-17-35-31(44)29(42)24-14-10-8-7-9-13-20-47-22-25(32(45)40-19-16-23(2)28(40)30(43)36-24)37-33(46)38-26(34(3,4)5)21-39-18-12-11-15-27(39)41/h6,23-26,28H,1,7-22H2,2-5H3,(H,35,44)(H,36,43)(H2,37,38,46)/t23-,24-,25-,26+,28-/m0/s1. The van der Waals surface area contributed by atoms with Gasteiger partial charge in [0.25, 0.3) is 5.91 Å². The normalized spacial score (nSPS) is 26.1. The minimum atomic E-state index is -1.07. The molecule has 4 N–H and O–H groups in total. The Morgan fingerprint density at radius 1 is 1.02 bits per heavy atom. The fraction of sp³-hybridized carbons (Fsp3) is 0.765. The van der Waals surface area contributed by atoms with Gasteiger partial charge in [0.1, 0.15) is 12.1 Å². The number of hydrogen-bond acceptors (Lipinski definition) is 7. The molecule has 0 aromatic heterocycles. The van der Waals surface area contributed by atoms with Crippen LogP contribution in [0, 0.1) is 11.3 Å². The molecule has 0 aromatic rings. The number of fused-ring (bicyclic) bond motifs is 1. The molecule has 3 saturated heterocycles. The molecule has 0 saturated carbocycles. The maximum atomic E-state index is 14.1. The molecule has 6 amide bonds. The first-order chi connectivity index (χ1) is 22.3. The summed E-state index contributed by atoms with van der Waals surface area (Å²) in [6.45, 7) is 13.2. The smallest absolute Gasteiger partial charge is 0.315 e. The maximum absolute atomic E-state index is 14.1. The average Bonchev–Trinajstić information content (AvgIpc) is 3.41. The Bertz CT molecular complexity index is 1140. The van der Waals surface area contributed by atoms with Crippen molar-refractivity contribution in [3.8, 4) is 0 Å². The summed E-state index contributed by atoms with van der Waals surface area (Å²) in [5.41, 5.74) is -0.375. The molecule has 47 heavy (non-hydrogen) atoms. The topological polar surface area (TPSA) is 166 Å². The Kier molecular flexibility index (Phi) is 14.7. The van der Waals surface area contributed by atoms with Crippen LogP contribution in [-0.2, 0) is 28.7 Å². The second-order valence-corrected chi connectivity index (χ2v) is 14.2. The molecule has 0 unspecified atom stereocenters. The predicted octanol–water partition coefficient (Wildman–Crippen LogP) is 2.05. The molecule has 5 atom stereocenters. The highest BCUT2D eigenvalue weighted by Crippen LogP contribution is 2.26. The lowest BCUT2D eigenvalue weighted by atomic mass is 9.86. The Morgan fingerprint density at radius 2 is 1.74 bits per heavy atom. The summed E-state index contributed by atoms with van der Waals surface area (Å²) in [4.78, 5) is 82.6. The van der Waals surface area contributed by atoms with Crippen molar-refractivity contribution in [3.05, 3.63) is 12.7 Å². The molecule has 0 spiro atoms. The number of hydrogen-bond donors (Lipinski definition) is 4. The zero-order valence-corrected chi connectivity index (χ0v) is 28.7. The Hall–Kier alpha value is -3.48. The van der Waals surface area contributed by atoms with Gasteiger partial charge in [0, 0.05) is 39.2 Å². The number of ether oxygens (including phenoxy) is 1. The largest absolute Gasteiger partial charge is 0.379 e. The minimum Gasteiger partial charge on any atom is -0.379 e. The zero-order valence-electron chi connectivity index (χ0n) is 28.7. The van der Waals surface area contributed by atoms with Crippen LogP contribution in [0.15, 0.2) is 12.7 Å². The fourth-order valence-electron chi connectivity index (χ4n) is 6.36. The van der Waals surface area contributed by atoms with Crippen molar-refractivity contribution in [2.24, 2.45) is 11.3 Å². The molecule has 0 aromatic carbocycles. The summed E-state index contributed by atoms with van der Waals surface area (Å²) < 4.78 is 5.90. The molecule has 3 aliphatic heterocycles. The third kappa shape index (κ3) is 11.3. The van der Waals surface area contributed by atoms with Gasteiger partial charge in [-0.05, 0) is 43.4 Å². The van der Waals surface area contributed by atoms with E-state index in [-0.39, 0.29) is 43.0 Å². The van der Waals surface area contributed by atoms with Gasteiger partial charge >= 0.3 is 6.03 Å². The molecule has 3 heterocycles. The van der Waals surface area contributed by atoms with Crippen LogP contribution in [0.4, 0.5) is 4.79 Å². The number of piperidine rings is 1. The van der Waals surface area contributed by atoms with Gasteiger partial charge in [0.2, 0.25) is 23.5 Å². The van der Waals surface area contributed by atoms with Crippen molar-refractivity contribution < 1.29 is 33.5 Å². The lowest BCUT2D eigenvalue weighted by molar-refractivity contribution is -0.144. The number of ketones is 1. The highest BCUT2D eigenvalue weighted by molar-refractivity contribution is 6.38. The van der Waals surface area contributed by atoms with Crippen LogP contribution < -0.4 is 21.3 Å². The third-order valence-corrected chi connectivity index (χ3v) is 9.36. The molecule has 13 nitrogen and oxygen atoms in total. The van der Waals surface area contributed by atoms with Gasteiger partial charge in [0.15, 0.2) is 0 Å². The summed E-state index contributed by atoms with van der Waals surface area (Å²) in [5, 5.41) is 11.1. The quantitative estimate of drug-likeness (QED) is 0.228. The van der Waals surface area contributed by atoms with Crippen LogP contribution >= 0.6 is 0 Å². The van der Waals surface area contributed by atoms with E-state index in [0.29, 0.717) is 45.4 Å². The summed E-state index contributed by atoms with van der Waals surface area (Å²) >= 11 is 0. The molecule has 264 valence electrons. The van der Waals surface area contributed by atoms with Gasteiger partial charge in [-0.2, -0.15) is 0 Å². The fourth-order valence-corrected chi connectivity index (χ4v) is 6.36. The second-order valence-electron chi connectivity index (χ2n) is 14.2. The molecule has 3 aliphatic rings. The van der Waals surface area contributed by atoms with E-state index >= 15 is 0 Å². The van der Waals surface area contributed by atoms with Gasteiger partial charge < -0.3 is 35.8 Å². The van der Waals surface area contributed by atoms with Crippen LogP contribution in [0.25, 0.3) is 0 Å². The first kappa shape index (κ1) is 38.0. The van der Waals surface area contributed by atoms with Gasteiger partial charge in [-0.1, -0.05) is 59.5 Å². The Morgan fingerprint density at radius 3 is 2.45 bits per heavy atom. The van der Waals surface area contributed by atoms with E-state index < -0.39 is 47.7 Å². The van der Waals surface area contributed by atoms with Crippen LogP contribution in [0.5, 0.6) is 0 Å². The van der Waals surface area contributed by atoms with Crippen LogP contribution in [0.3, 0.4) is 0 Å². The van der Waals surface area contributed by atoms with Crippen LogP contribution in [0.1, 0.15) is 91.9 Å². The monoisotopic (exact) mass is 660 g/mol. The first-order valence-corrected chi connectivity index (χ1v) is 17.3. The molecule has 3 rings (SSSR count).